The van der Waals surface area contributed by atoms with Crippen LogP contribution in [0.25, 0.3) is 0 Å². The van der Waals surface area contributed by atoms with Crippen LogP contribution in [-0.4, -0.2) is 36.1 Å². The third-order valence-corrected chi connectivity index (χ3v) is 5.42. The molecule has 0 aromatic carbocycles. The van der Waals surface area contributed by atoms with Gasteiger partial charge in [0.2, 0.25) is 10.0 Å². The molecule has 0 aliphatic carbocycles. The molecule has 0 fully saturated rings. The zero-order valence-corrected chi connectivity index (χ0v) is 11.9. The Morgan fingerprint density at radius 3 is 2.25 bits per heavy atom. The summed E-state index contributed by atoms with van der Waals surface area (Å²) >= 11 is 4.82. The van der Waals surface area contributed by atoms with Crippen LogP contribution in [0.3, 0.4) is 0 Å². The Morgan fingerprint density at radius 2 is 1.94 bits per heavy atom. The van der Waals surface area contributed by atoms with E-state index in [9.17, 15) is 8.42 Å². The van der Waals surface area contributed by atoms with Crippen molar-refractivity contribution in [3.63, 3.8) is 0 Å². The van der Waals surface area contributed by atoms with E-state index in [2.05, 4.69) is 0 Å². The first-order valence-electron chi connectivity index (χ1n) is 5.70. The molecule has 0 saturated heterocycles. The van der Waals surface area contributed by atoms with Crippen molar-refractivity contribution in [2.45, 2.75) is 45.3 Å². The number of rotatable bonds is 8. The Hall–Kier alpha value is -0.200. The van der Waals surface area contributed by atoms with Gasteiger partial charge in [0.15, 0.2) is 0 Å². The Morgan fingerprint density at radius 1 is 1.38 bits per heavy atom. The van der Waals surface area contributed by atoms with Gasteiger partial charge >= 0.3 is 0 Å². The zero-order chi connectivity index (χ0) is 12.8. The third kappa shape index (κ3) is 3.99. The minimum atomic E-state index is -3.37. The SMILES string of the molecule is CCCCN(CC)S(=O)(=O)C(CC)C(N)=S. The van der Waals surface area contributed by atoms with Crippen LogP contribution < -0.4 is 5.73 Å². The van der Waals surface area contributed by atoms with Crippen LogP contribution in [0.1, 0.15) is 40.0 Å². The van der Waals surface area contributed by atoms with Gasteiger partial charge in [-0.2, -0.15) is 0 Å². The van der Waals surface area contributed by atoms with Crippen LogP contribution in [0.4, 0.5) is 0 Å². The Kier molecular flexibility index (Phi) is 7.10. The molecule has 0 spiro atoms. The van der Waals surface area contributed by atoms with Crippen LogP contribution in [0.15, 0.2) is 0 Å². The van der Waals surface area contributed by atoms with Crippen molar-refractivity contribution in [3.05, 3.63) is 0 Å². The molecule has 0 aliphatic heterocycles. The standard InChI is InChI=1S/C10H22N2O2S2/c1-4-7-8-12(6-3)16(13,14)9(5-2)10(11)15/h9H,4-8H2,1-3H3,(H2,11,15). The molecule has 16 heavy (non-hydrogen) atoms. The molecule has 0 amide bonds. The number of hydrogen-bond donors (Lipinski definition) is 1. The summed E-state index contributed by atoms with van der Waals surface area (Å²) in [5, 5.41) is -0.723. The normalized spacial score (nSPS) is 14.0. The molecule has 2 N–H and O–H groups in total. The topological polar surface area (TPSA) is 63.4 Å². The summed E-state index contributed by atoms with van der Waals surface area (Å²) in [4.78, 5) is 0.0671. The molecular weight excluding hydrogens is 244 g/mol. The molecule has 6 heteroatoms. The second-order valence-corrected chi connectivity index (χ2v) is 6.28. The number of thiocarbonyl (C=S) groups is 1. The van der Waals surface area contributed by atoms with E-state index in [0.717, 1.165) is 12.8 Å². The van der Waals surface area contributed by atoms with Gasteiger partial charge in [-0.25, -0.2) is 12.7 Å². The summed E-state index contributed by atoms with van der Waals surface area (Å²) in [5.41, 5.74) is 5.48. The molecule has 0 aliphatic rings. The summed E-state index contributed by atoms with van der Waals surface area (Å²) in [6.45, 7) is 6.68. The molecule has 4 nitrogen and oxygen atoms in total. The van der Waals surface area contributed by atoms with Gasteiger partial charge in [0.05, 0.1) is 4.99 Å². The average Bonchev–Trinajstić information content (AvgIpc) is 2.18. The first-order valence-corrected chi connectivity index (χ1v) is 7.61. The summed E-state index contributed by atoms with van der Waals surface area (Å²) in [6.07, 6.45) is 2.26. The number of unbranched alkanes of at least 4 members (excludes halogenated alkanes) is 1. The van der Waals surface area contributed by atoms with E-state index in [1.165, 1.54) is 4.31 Å². The van der Waals surface area contributed by atoms with E-state index in [1.807, 2.05) is 13.8 Å². The summed E-state index contributed by atoms with van der Waals surface area (Å²) in [5.74, 6) is 0. The second kappa shape index (κ2) is 7.19. The largest absolute Gasteiger partial charge is 0.392 e. The summed E-state index contributed by atoms with van der Waals surface area (Å²) in [7, 11) is -3.37. The van der Waals surface area contributed by atoms with E-state index in [1.54, 1.807) is 6.92 Å². The van der Waals surface area contributed by atoms with Crippen molar-refractivity contribution >= 4 is 27.2 Å². The lowest BCUT2D eigenvalue weighted by molar-refractivity contribution is 0.415. The van der Waals surface area contributed by atoms with Gasteiger partial charge in [-0.15, -0.1) is 0 Å². The van der Waals surface area contributed by atoms with E-state index in [0.29, 0.717) is 19.5 Å². The molecule has 0 rings (SSSR count). The van der Waals surface area contributed by atoms with E-state index in [4.69, 9.17) is 18.0 Å². The monoisotopic (exact) mass is 266 g/mol. The molecule has 1 atom stereocenters. The molecule has 0 aromatic rings. The number of nitrogens with zero attached hydrogens (tertiary/aromatic N) is 1. The Labute approximate surface area is 104 Å². The predicted molar refractivity (Wildman–Crippen MR) is 71.9 cm³/mol. The summed E-state index contributed by atoms with van der Waals surface area (Å²) < 4.78 is 25.9. The van der Waals surface area contributed by atoms with Crippen molar-refractivity contribution in [3.8, 4) is 0 Å². The molecular formula is C10H22N2O2S2. The Balaban J connectivity index is 4.90. The smallest absolute Gasteiger partial charge is 0.223 e. The van der Waals surface area contributed by atoms with E-state index >= 15 is 0 Å². The molecule has 0 radical (unpaired) electrons. The van der Waals surface area contributed by atoms with Crippen LogP contribution >= 0.6 is 12.2 Å². The maximum Gasteiger partial charge on any atom is 0.223 e. The predicted octanol–water partition coefficient (Wildman–Crippen LogP) is 1.50. The minimum absolute atomic E-state index is 0.0671. The van der Waals surface area contributed by atoms with Gasteiger partial charge in [0.1, 0.15) is 5.25 Å². The first-order chi connectivity index (χ1) is 7.41. The molecule has 0 bridgehead atoms. The number of nitrogens with two attached hydrogens (primary N) is 1. The van der Waals surface area contributed by atoms with Gasteiger partial charge < -0.3 is 5.73 Å². The maximum atomic E-state index is 12.2. The van der Waals surface area contributed by atoms with Crippen LogP contribution in [0, 0.1) is 0 Å². The molecule has 1 unspecified atom stereocenters. The minimum Gasteiger partial charge on any atom is -0.392 e. The molecule has 96 valence electrons. The average molecular weight is 266 g/mol. The van der Waals surface area contributed by atoms with Crippen molar-refractivity contribution in [2.24, 2.45) is 5.73 Å². The van der Waals surface area contributed by atoms with E-state index < -0.39 is 15.3 Å². The highest BCUT2D eigenvalue weighted by molar-refractivity contribution is 7.92. The van der Waals surface area contributed by atoms with Gasteiger partial charge in [-0.05, 0) is 12.8 Å². The fraction of sp³-hybridized carbons (Fsp3) is 0.900. The fourth-order valence-electron chi connectivity index (χ4n) is 1.54. The lowest BCUT2D eigenvalue weighted by atomic mass is 10.3. The highest BCUT2D eigenvalue weighted by Gasteiger charge is 2.31. The van der Waals surface area contributed by atoms with Gasteiger partial charge in [-0.1, -0.05) is 39.4 Å². The quantitative estimate of drug-likeness (QED) is 0.676. The Bertz CT molecular complexity index is 315. The second-order valence-electron chi connectivity index (χ2n) is 3.69. The van der Waals surface area contributed by atoms with Gasteiger partial charge in [0.25, 0.3) is 0 Å². The maximum absolute atomic E-state index is 12.2. The van der Waals surface area contributed by atoms with Gasteiger partial charge in [0, 0.05) is 13.1 Å². The van der Waals surface area contributed by atoms with E-state index in [-0.39, 0.29) is 4.99 Å². The third-order valence-electron chi connectivity index (χ3n) is 2.52. The molecule has 0 heterocycles. The highest BCUT2D eigenvalue weighted by Crippen LogP contribution is 2.13. The lowest BCUT2D eigenvalue weighted by Crippen LogP contribution is -2.44. The first kappa shape index (κ1) is 15.8. The zero-order valence-electron chi connectivity index (χ0n) is 10.3. The highest BCUT2D eigenvalue weighted by atomic mass is 32.2. The number of sulfonamides is 1. The molecule has 0 aromatic heterocycles. The number of hydrogen-bond acceptors (Lipinski definition) is 3. The lowest BCUT2D eigenvalue weighted by Gasteiger charge is -2.25. The van der Waals surface area contributed by atoms with Crippen LogP contribution in [0.2, 0.25) is 0 Å². The van der Waals surface area contributed by atoms with Crippen molar-refractivity contribution in [1.82, 2.24) is 4.31 Å². The molecule has 0 saturated carbocycles. The fourth-order valence-corrected chi connectivity index (χ4v) is 3.89. The van der Waals surface area contributed by atoms with Crippen molar-refractivity contribution < 1.29 is 8.42 Å². The van der Waals surface area contributed by atoms with Crippen LogP contribution in [-0.2, 0) is 10.0 Å². The van der Waals surface area contributed by atoms with Gasteiger partial charge in [-0.3, -0.25) is 0 Å². The van der Waals surface area contributed by atoms with Crippen molar-refractivity contribution in [1.29, 1.82) is 0 Å². The van der Waals surface area contributed by atoms with Crippen molar-refractivity contribution in [2.75, 3.05) is 13.1 Å². The summed E-state index contributed by atoms with van der Waals surface area (Å²) in [6, 6.07) is 0. The van der Waals surface area contributed by atoms with Crippen LogP contribution in [0.5, 0.6) is 0 Å².